The van der Waals surface area contributed by atoms with Gasteiger partial charge in [0.1, 0.15) is 5.58 Å². The topological polar surface area (TPSA) is 60.1 Å². The second-order valence-electron chi connectivity index (χ2n) is 6.13. The molecule has 0 saturated carbocycles. The van der Waals surface area contributed by atoms with Gasteiger partial charge in [0.15, 0.2) is 0 Å². The largest absolute Gasteiger partial charge is 0.464 e. The lowest BCUT2D eigenvalue weighted by Crippen LogP contribution is -2.27. The van der Waals surface area contributed by atoms with Crippen molar-refractivity contribution in [1.82, 2.24) is 15.1 Å². The van der Waals surface area contributed by atoms with Crippen molar-refractivity contribution in [3.8, 4) is 0 Å². The van der Waals surface area contributed by atoms with Gasteiger partial charge in [-0.05, 0) is 38.0 Å². The van der Waals surface area contributed by atoms with Crippen LogP contribution < -0.4 is 5.32 Å². The van der Waals surface area contributed by atoms with Crippen molar-refractivity contribution >= 4 is 16.9 Å². The van der Waals surface area contributed by atoms with E-state index in [-0.39, 0.29) is 11.9 Å². The molecule has 5 heteroatoms. The molecule has 0 saturated heterocycles. The predicted molar refractivity (Wildman–Crippen MR) is 89.2 cm³/mol. The Labute approximate surface area is 135 Å². The van der Waals surface area contributed by atoms with Crippen LogP contribution in [0.15, 0.2) is 35.2 Å². The number of nitrogens with zero attached hydrogens (tertiary/aromatic N) is 2. The minimum Gasteiger partial charge on any atom is -0.464 e. The van der Waals surface area contributed by atoms with E-state index >= 15 is 0 Å². The molecule has 5 nitrogen and oxygen atoms in total. The standard InChI is InChI=1S/C18H21N3O2/c1-11-5-12(2)18-14(10-23-16(18)6-11)7-17(22)20-13(3)15-8-19-21(4)9-15/h5-6,8-10,13H,7H2,1-4H3,(H,20,22)/t13-/m1/s1. The minimum absolute atomic E-state index is 0.0240. The van der Waals surface area contributed by atoms with E-state index in [0.717, 1.165) is 33.2 Å². The van der Waals surface area contributed by atoms with Gasteiger partial charge in [-0.25, -0.2) is 0 Å². The fraction of sp³-hybridized carbons (Fsp3) is 0.333. The van der Waals surface area contributed by atoms with E-state index in [4.69, 9.17) is 4.42 Å². The molecule has 0 spiro atoms. The molecule has 23 heavy (non-hydrogen) atoms. The zero-order valence-corrected chi connectivity index (χ0v) is 13.9. The van der Waals surface area contributed by atoms with Crippen molar-refractivity contribution in [2.45, 2.75) is 33.2 Å². The Morgan fingerprint density at radius 1 is 1.39 bits per heavy atom. The van der Waals surface area contributed by atoms with E-state index in [2.05, 4.69) is 16.5 Å². The van der Waals surface area contributed by atoms with Gasteiger partial charge < -0.3 is 9.73 Å². The first kappa shape index (κ1) is 15.3. The number of rotatable bonds is 4. The van der Waals surface area contributed by atoms with Crippen LogP contribution in [0, 0.1) is 13.8 Å². The normalized spacial score (nSPS) is 12.5. The first-order valence-corrected chi connectivity index (χ1v) is 7.69. The lowest BCUT2D eigenvalue weighted by atomic mass is 10.0. The maximum atomic E-state index is 12.3. The van der Waals surface area contributed by atoms with Crippen LogP contribution in [0.3, 0.4) is 0 Å². The third kappa shape index (κ3) is 3.13. The number of furan rings is 1. The molecule has 1 N–H and O–H groups in total. The number of aryl methyl sites for hydroxylation is 3. The van der Waals surface area contributed by atoms with Crippen molar-refractivity contribution in [3.05, 3.63) is 53.0 Å². The molecule has 0 aliphatic heterocycles. The first-order valence-electron chi connectivity index (χ1n) is 7.69. The zero-order chi connectivity index (χ0) is 16.6. The van der Waals surface area contributed by atoms with Crippen molar-refractivity contribution in [1.29, 1.82) is 0 Å². The van der Waals surface area contributed by atoms with Gasteiger partial charge in [0, 0.05) is 29.8 Å². The summed E-state index contributed by atoms with van der Waals surface area (Å²) in [6.07, 6.45) is 5.67. The summed E-state index contributed by atoms with van der Waals surface area (Å²) >= 11 is 0. The highest BCUT2D eigenvalue weighted by molar-refractivity contribution is 5.90. The molecule has 2 heterocycles. The Balaban J connectivity index is 1.75. The molecule has 2 aromatic heterocycles. The molecule has 0 radical (unpaired) electrons. The lowest BCUT2D eigenvalue weighted by Gasteiger charge is -2.12. The van der Waals surface area contributed by atoms with Gasteiger partial charge in [-0.3, -0.25) is 9.48 Å². The molecule has 120 valence electrons. The Morgan fingerprint density at radius 2 is 2.17 bits per heavy atom. The maximum absolute atomic E-state index is 12.3. The molecule has 0 aliphatic carbocycles. The number of amides is 1. The summed E-state index contributed by atoms with van der Waals surface area (Å²) in [6, 6.07) is 4.04. The summed E-state index contributed by atoms with van der Waals surface area (Å²) in [7, 11) is 1.86. The molecule has 1 atom stereocenters. The number of carbonyl (C=O) groups excluding carboxylic acids is 1. The number of nitrogens with one attached hydrogen (secondary N) is 1. The Hall–Kier alpha value is -2.56. The average molecular weight is 311 g/mol. The van der Waals surface area contributed by atoms with Gasteiger partial charge in [0.25, 0.3) is 0 Å². The van der Waals surface area contributed by atoms with Gasteiger partial charge in [-0.2, -0.15) is 5.10 Å². The van der Waals surface area contributed by atoms with E-state index in [0.29, 0.717) is 6.42 Å². The Bertz CT molecular complexity index is 860. The van der Waals surface area contributed by atoms with Crippen molar-refractivity contribution in [2.75, 3.05) is 0 Å². The van der Waals surface area contributed by atoms with E-state index in [1.807, 2.05) is 40.1 Å². The number of benzene rings is 1. The third-order valence-corrected chi connectivity index (χ3v) is 4.05. The van der Waals surface area contributed by atoms with Crippen LogP contribution in [-0.4, -0.2) is 15.7 Å². The fourth-order valence-electron chi connectivity index (χ4n) is 2.97. The highest BCUT2D eigenvalue weighted by atomic mass is 16.3. The quantitative estimate of drug-likeness (QED) is 0.805. The summed E-state index contributed by atoms with van der Waals surface area (Å²) in [5, 5.41) is 8.18. The molecule has 0 unspecified atom stereocenters. The highest BCUT2D eigenvalue weighted by Crippen LogP contribution is 2.26. The zero-order valence-electron chi connectivity index (χ0n) is 13.9. The molecule has 0 fully saturated rings. The van der Waals surface area contributed by atoms with E-state index < -0.39 is 0 Å². The van der Waals surface area contributed by atoms with Crippen LogP contribution in [0.25, 0.3) is 11.0 Å². The van der Waals surface area contributed by atoms with Crippen molar-refractivity contribution < 1.29 is 9.21 Å². The molecule has 3 aromatic rings. The van der Waals surface area contributed by atoms with Gasteiger partial charge in [0.05, 0.1) is 24.9 Å². The smallest absolute Gasteiger partial charge is 0.225 e. The lowest BCUT2D eigenvalue weighted by molar-refractivity contribution is -0.121. The van der Waals surface area contributed by atoms with Gasteiger partial charge >= 0.3 is 0 Å². The van der Waals surface area contributed by atoms with Crippen LogP contribution in [-0.2, 0) is 18.3 Å². The van der Waals surface area contributed by atoms with Gasteiger partial charge in [0.2, 0.25) is 5.91 Å². The number of hydrogen-bond acceptors (Lipinski definition) is 3. The predicted octanol–water partition coefficient (Wildman–Crippen LogP) is 3.20. The second-order valence-corrected chi connectivity index (χ2v) is 6.13. The van der Waals surface area contributed by atoms with Crippen molar-refractivity contribution in [3.63, 3.8) is 0 Å². The summed E-state index contributed by atoms with van der Waals surface area (Å²) in [4.78, 5) is 12.3. The van der Waals surface area contributed by atoms with Crippen LogP contribution in [0.2, 0.25) is 0 Å². The Morgan fingerprint density at radius 3 is 2.87 bits per heavy atom. The molecular formula is C18H21N3O2. The van der Waals surface area contributed by atoms with Crippen molar-refractivity contribution in [2.24, 2.45) is 7.05 Å². The summed E-state index contributed by atoms with van der Waals surface area (Å²) < 4.78 is 7.34. The van der Waals surface area contributed by atoms with Crippen LogP contribution >= 0.6 is 0 Å². The number of hydrogen-bond donors (Lipinski definition) is 1. The molecule has 3 rings (SSSR count). The van der Waals surface area contributed by atoms with Gasteiger partial charge in [-0.15, -0.1) is 0 Å². The SMILES string of the molecule is Cc1cc(C)c2c(CC(=O)N[C@H](C)c3cnn(C)c3)coc2c1. The molecular weight excluding hydrogens is 290 g/mol. The van der Waals surface area contributed by atoms with Crippen LogP contribution in [0.4, 0.5) is 0 Å². The van der Waals surface area contributed by atoms with Crippen LogP contribution in [0.5, 0.6) is 0 Å². The first-order chi connectivity index (χ1) is 10.9. The fourth-order valence-corrected chi connectivity index (χ4v) is 2.97. The average Bonchev–Trinajstić information content (AvgIpc) is 3.05. The number of aromatic nitrogens is 2. The Kier molecular flexibility index (Phi) is 3.94. The summed E-state index contributed by atoms with van der Waals surface area (Å²) in [5.41, 5.74) is 5.05. The second kappa shape index (κ2) is 5.91. The summed E-state index contributed by atoms with van der Waals surface area (Å²) in [5.74, 6) is -0.0240. The van der Waals surface area contributed by atoms with Gasteiger partial charge in [-0.1, -0.05) is 6.07 Å². The summed E-state index contributed by atoms with van der Waals surface area (Å²) in [6.45, 7) is 6.04. The number of carbonyl (C=O) groups is 1. The van der Waals surface area contributed by atoms with Crippen LogP contribution in [0.1, 0.15) is 35.2 Å². The molecule has 1 amide bonds. The van der Waals surface area contributed by atoms with E-state index in [1.165, 1.54) is 0 Å². The number of fused-ring (bicyclic) bond motifs is 1. The highest BCUT2D eigenvalue weighted by Gasteiger charge is 2.15. The molecule has 0 aliphatic rings. The third-order valence-electron chi connectivity index (χ3n) is 4.05. The molecule has 0 bridgehead atoms. The van der Waals surface area contributed by atoms with E-state index in [9.17, 15) is 4.79 Å². The minimum atomic E-state index is -0.0716. The monoisotopic (exact) mass is 311 g/mol. The van der Waals surface area contributed by atoms with E-state index in [1.54, 1.807) is 17.1 Å². The maximum Gasteiger partial charge on any atom is 0.225 e. The molecule has 1 aromatic carbocycles.